The van der Waals surface area contributed by atoms with Crippen LogP contribution >= 0.6 is 0 Å². The number of anilines is 2. The highest BCUT2D eigenvalue weighted by Gasteiger charge is 2.33. The Morgan fingerprint density at radius 2 is 1.67 bits per heavy atom. The van der Waals surface area contributed by atoms with E-state index in [-0.39, 0.29) is 18.7 Å². The highest BCUT2D eigenvalue weighted by Crippen LogP contribution is 2.31. The van der Waals surface area contributed by atoms with Crippen LogP contribution < -0.4 is 16.0 Å². The largest absolute Gasteiger partial charge is 0.481 e. The summed E-state index contributed by atoms with van der Waals surface area (Å²) < 4.78 is 0. The smallest absolute Gasteiger partial charge is 0.326 e. The Hall–Kier alpha value is -5.23. The van der Waals surface area contributed by atoms with E-state index < -0.39 is 34.9 Å². The average molecular weight is 588 g/mol. The predicted molar refractivity (Wildman–Crippen MR) is 160 cm³/mol. The molecule has 1 aliphatic heterocycles. The first-order chi connectivity index (χ1) is 20.6. The van der Waals surface area contributed by atoms with Crippen LogP contribution in [0.25, 0.3) is 0 Å². The summed E-state index contributed by atoms with van der Waals surface area (Å²) in [5.41, 5.74) is 4.37. The number of nitrogens with zero attached hydrogens (tertiary/aromatic N) is 2. The number of nitro groups is 1. The number of carbonyl (C=O) groups is 3. The maximum Gasteiger partial charge on any atom is 0.326 e. The minimum absolute atomic E-state index is 0.00240. The molecular weight excluding hydrogens is 554 g/mol. The molecule has 0 saturated heterocycles. The maximum atomic E-state index is 13.5. The van der Waals surface area contributed by atoms with E-state index in [4.69, 9.17) is 5.11 Å². The Morgan fingerprint density at radius 1 is 1.00 bits per heavy atom. The van der Waals surface area contributed by atoms with Gasteiger partial charge >= 0.3 is 11.9 Å². The minimum atomic E-state index is -1.17. The molecule has 1 heterocycles. The molecule has 1 aliphatic rings. The van der Waals surface area contributed by atoms with E-state index in [0.717, 1.165) is 22.9 Å². The number of carboxylic acid groups (broad SMARTS) is 2. The second-order valence-electron chi connectivity index (χ2n) is 10.3. The van der Waals surface area contributed by atoms with Gasteiger partial charge in [-0.05, 0) is 66.4 Å². The molecule has 3 aromatic rings. The number of benzene rings is 3. The van der Waals surface area contributed by atoms with Gasteiger partial charge in [0.05, 0.1) is 4.92 Å². The highest BCUT2D eigenvalue weighted by atomic mass is 16.6. The molecule has 3 aromatic carbocycles. The van der Waals surface area contributed by atoms with Crippen molar-refractivity contribution >= 4 is 29.2 Å². The molecule has 0 bridgehead atoms. The van der Waals surface area contributed by atoms with Gasteiger partial charge in [-0.15, -0.1) is 0 Å². The van der Waals surface area contributed by atoms with E-state index >= 15 is 0 Å². The number of carboxylic acids is 2. The molecule has 0 spiro atoms. The molecule has 0 aliphatic carbocycles. The molecule has 0 fully saturated rings. The van der Waals surface area contributed by atoms with Crippen LogP contribution in [0.4, 0.5) is 11.4 Å². The molecule has 43 heavy (non-hydrogen) atoms. The van der Waals surface area contributed by atoms with Gasteiger partial charge in [-0.25, -0.2) is 4.79 Å². The van der Waals surface area contributed by atoms with Gasteiger partial charge in [-0.1, -0.05) is 48.5 Å². The van der Waals surface area contributed by atoms with Crippen molar-refractivity contribution in [3.8, 4) is 0 Å². The number of hydrogen-bond donors (Lipinski definition) is 5. The summed E-state index contributed by atoms with van der Waals surface area (Å²) >= 11 is 0. The third kappa shape index (κ3) is 8.63. The fourth-order valence-corrected chi connectivity index (χ4v) is 4.98. The molecule has 1 amide bonds. The van der Waals surface area contributed by atoms with Crippen LogP contribution in [-0.4, -0.2) is 57.5 Å². The third-order valence-corrected chi connectivity index (χ3v) is 7.13. The van der Waals surface area contributed by atoms with Gasteiger partial charge < -0.3 is 26.2 Å². The van der Waals surface area contributed by atoms with Crippen LogP contribution in [0.2, 0.25) is 0 Å². The first kappa shape index (κ1) is 30.7. The zero-order valence-corrected chi connectivity index (χ0v) is 23.5. The van der Waals surface area contributed by atoms with Gasteiger partial charge in [0.15, 0.2) is 5.82 Å². The topological polar surface area (TPSA) is 174 Å². The lowest BCUT2D eigenvalue weighted by atomic mass is 9.91. The highest BCUT2D eigenvalue weighted by molar-refractivity contribution is 5.88. The molecule has 0 radical (unpaired) electrons. The molecule has 4 rings (SSSR count). The lowest BCUT2D eigenvalue weighted by Gasteiger charge is -2.34. The van der Waals surface area contributed by atoms with Crippen molar-refractivity contribution in [1.29, 1.82) is 0 Å². The third-order valence-electron chi connectivity index (χ3n) is 7.13. The number of carbonyl (C=O) groups excluding carboxylic acids is 1. The first-order valence-electron chi connectivity index (χ1n) is 13.7. The maximum absolute atomic E-state index is 13.5. The number of likely N-dealkylation sites (N-methyl/N-ethyl adjacent to an activating group) is 1. The van der Waals surface area contributed by atoms with E-state index in [0.29, 0.717) is 36.3 Å². The van der Waals surface area contributed by atoms with Crippen molar-refractivity contribution in [3.05, 3.63) is 117 Å². The van der Waals surface area contributed by atoms with E-state index in [2.05, 4.69) is 16.0 Å². The predicted octanol–water partition coefficient (Wildman–Crippen LogP) is 3.64. The van der Waals surface area contributed by atoms with Crippen molar-refractivity contribution in [2.24, 2.45) is 0 Å². The van der Waals surface area contributed by atoms with Crippen LogP contribution in [0.1, 0.15) is 34.7 Å². The number of rotatable bonds is 13. The molecule has 0 saturated carbocycles. The second-order valence-corrected chi connectivity index (χ2v) is 10.3. The SMILES string of the molecule is CN1CCc2cc(NC(=C[N+](=O)[O-])Nc3ccccc3)ccc2C1C(=O)NC(Cc1ccc(CCC(=O)O)cc1)C(=O)O. The van der Waals surface area contributed by atoms with Crippen LogP contribution in [0, 0.1) is 10.1 Å². The Labute approximate surface area is 248 Å². The van der Waals surface area contributed by atoms with E-state index in [1.165, 1.54) is 0 Å². The van der Waals surface area contributed by atoms with E-state index in [1.807, 2.05) is 29.2 Å². The van der Waals surface area contributed by atoms with E-state index in [1.54, 1.807) is 55.6 Å². The monoisotopic (exact) mass is 587 g/mol. The van der Waals surface area contributed by atoms with Crippen LogP contribution in [-0.2, 0) is 33.6 Å². The number of aliphatic carboxylic acids is 2. The number of fused-ring (bicyclic) bond motifs is 1. The standard InChI is InChI=1S/C31H33N5O7/c1-35-16-15-22-18-24(33-27(19-36(42)43)32-23-5-3-2-4-6-23)12-13-25(22)29(35)30(39)34-26(31(40)41)17-21-9-7-20(8-10-21)11-14-28(37)38/h2-10,12-13,18-19,26,29,32-33H,11,14-17H2,1H3,(H,34,39)(H,37,38)(H,40,41). The van der Waals surface area contributed by atoms with Gasteiger partial charge in [0.2, 0.25) is 5.91 Å². The van der Waals surface area contributed by atoms with Crippen molar-refractivity contribution in [2.75, 3.05) is 24.2 Å². The Bertz CT molecular complexity index is 1510. The van der Waals surface area contributed by atoms with Crippen LogP contribution in [0.15, 0.2) is 84.8 Å². The van der Waals surface area contributed by atoms with Crippen molar-refractivity contribution in [3.63, 3.8) is 0 Å². The second kappa shape index (κ2) is 14.1. The lowest BCUT2D eigenvalue weighted by molar-refractivity contribution is -0.403. The van der Waals surface area contributed by atoms with Crippen LogP contribution in [0.5, 0.6) is 0 Å². The van der Waals surface area contributed by atoms with Crippen molar-refractivity contribution in [1.82, 2.24) is 10.2 Å². The fourth-order valence-electron chi connectivity index (χ4n) is 4.98. The summed E-state index contributed by atoms with van der Waals surface area (Å²) in [5.74, 6) is -2.35. The quantitative estimate of drug-likeness (QED) is 0.147. The van der Waals surface area contributed by atoms with Gasteiger partial charge in [0.1, 0.15) is 12.1 Å². The zero-order chi connectivity index (χ0) is 30.9. The summed E-state index contributed by atoms with van der Waals surface area (Å²) in [6, 6.07) is 19.5. The van der Waals surface area contributed by atoms with Crippen molar-refractivity contribution < 1.29 is 29.5 Å². The summed E-state index contributed by atoms with van der Waals surface area (Å²) in [6.45, 7) is 0.546. The molecule has 224 valence electrons. The van der Waals surface area contributed by atoms with Gasteiger partial charge in [0, 0.05) is 30.8 Å². The van der Waals surface area contributed by atoms with E-state index in [9.17, 15) is 29.6 Å². The van der Waals surface area contributed by atoms with Gasteiger partial charge in [-0.3, -0.25) is 24.6 Å². The lowest BCUT2D eigenvalue weighted by Crippen LogP contribution is -2.49. The Morgan fingerprint density at radius 3 is 2.33 bits per heavy atom. The molecule has 12 nitrogen and oxygen atoms in total. The number of aryl methyl sites for hydroxylation is 1. The zero-order valence-electron chi connectivity index (χ0n) is 23.5. The number of para-hydroxylation sites is 1. The Kier molecular flexibility index (Phi) is 10.1. The number of hydrogen-bond acceptors (Lipinski definition) is 8. The van der Waals surface area contributed by atoms with Crippen LogP contribution in [0.3, 0.4) is 0 Å². The molecule has 12 heteroatoms. The molecule has 2 unspecified atom stereocenters. The van der Waals surface area contributed by atoms with Gasteiger partial charge in [0.25, 0.3) is 6.20 Å². The summed E-state index contributed by atoms with van der Waals surface area (Å²) in [6.07, 6.45) is 1.90. The fraction of sp³-hybridized carbons (Fsp3) is 0.258. The minimum Gasteiger partial charge on any atom is -0.481 e. The summed E-state index contributed by atoms with van der Waals surface area (Å²) in [7, 11) is 1.80. The Balaban J connectivity index is 1.47. The number of nitrogens with one attached hydrogen (secondary N) is 3. The summed E-state index contributed by atoms with van der Waals surface area (Å²) in [5, 5.41) is 38.7. The average Bonchev–Trinajstić information content (AvgIpc) is 2.96. The van der Waals surface area contributed by atoms with Gasteiger partial charge in [-0.2, -0.15) is 0 Å². The molecular formula is C31H33N5O7. The molecule has 0 aromatic heterocycles. The number of amides is 1. The van der Waals surface area contributed by atoms with Crippen molar-refractivity contribution in [2.45, 2.75) is 37.8 Å². The summed E-state index contributed by atoms with van der Waals surface area (Å²) in [4.78, 5) is 48.9. The first-order valence-corrected chi connectivity index (χ1v) is 13.7. The molecule has 2 atom stereocenters. The molecule has 5 N–H and O–H groups in total. The normalized spacial score (nSPS) is 15.6.